The molecule has 3 fully saturated rings. The molecule has 7 rings (SSSR count). The Labute approximate surface area is 315 Å². The molecule has 2 aliphatic carbocycles. The molecule has 1 saturated heterocycles. The molecule has 3 aromatic rings. The van der Waals surface area contributed by atoms with Crippen molar-refractivity contribution in [2.24, 2.45) is 17.3 Å². The van der Waals surface area contributed by atoms with Gasteiger partial charge in [-0.05, 0) is 106 Å². The number of aryl methyl sites for hydroxylation is 1. The van der Waals surface area contributed by atoms with Crippen molar-refractivity contribution in [1.29, 1.82) is 0 Å². The molecule has 0 bridgehead atoms. The summed E-state index contributed by atoms with van der Waals surface area (Å²) in [6, 6.07) is 6.99. The summed E-state index contributed by atoms with van der Waals surface area (Å²) in [5.74, 6) is -3.95. The molecule has 2 aliphatic heterocycles. The highest BCUT2D eigenvalue weighted by Gasteiger charge is 2.62. The van der Waals surface area contributed by atoms with E-state index in [1.54, 1.807) is 6.92 Å². The van der Waals surface area contributed by atoms with Crippen LogP contribution in [0.4, 0.5) is 17.6 Å². The molecule has 0 unspecified atom stereocenters. The van der Waals surface area contributed by atoms with E-state index in [0.29, 0.717) is 49.8 Å². The van der Waals surface area contributed by atoms with Crippen molar-refractivity contribution >= 4 is 49.2 Å². The van der Waals surface area contributed by atoms with Crippen LogP contribution in [-0.2, 0) is 37.0 Å². The largest absolute Gasteiger partial charge is 0.465 e. The normalized spacial score (nSPS) is 28.1. The van der Waals surface area contributed by atoms with E-state index in [0.717, 1.165) is 34.3 Å². The van der Waals surface area contributed by atoms with Gasteiger partial charge in [-0.1, -0.05) is 42.4 Å². The molecule has 0 spiro atoms. The van der Waals surface area contributed by atoms with Crippen LogP contribution in [0.2, 0.25) is 0 Å². The second-order valence-corrected chi connectivity index (χ2v) is 18.9. The minimum absolute atomic E-state index is 0.0168. The Morgan fingerprint density at radius 1 is 1.11 bits per heavy atom. The number of thiazole rings is 1. The fourth-order valence-electron chi connectivity index (χ4n) is 7.84. The summed E-state index contributed by atoms with van der Waals surface area (Å²) in [6.45, 7) is 3.51. The van der Waals surface area contributed by atoms with E-state index >= 15 is 0 Å². The molecule has 2 amide bonds. The third kappa shape index (κ3) is 7.93. The fourth-order valence-corrected chi connectivity index (χ4v) is 10.2. The number of ether oxygens (including phenoxy) is 1. The Balaban J connectivity index is 1.20. The van der Waals surface area contributed by atoms with Crippen molar-refractivity contribution in [3.8, 4) is 5.19 Å². The minimum atomic E-state index is -4.79. The zero-order chi connectivity index (χ0) is 38.6. The first-order valence-corrected chi connectivity index (χ1v) is 20.7. The number of allylic oxidation sites excluding steroid dienone is 2. The average Bonchev–Trinajstić information content (AvgIpc) is 3.91. The predicted molar refractivity (Wildman–Crippen MR) is 195 cm³/mol. The predicted octanol–water partition coefficient (Wildman–Crippen LogP) is 7.45. The van der Waals surface area contributed by atoms with E-state index in [-0.39, 0.29) is 43.7 Å². The number of alkyl halides is 3. The zero-order valence-electron chi connectivity index (χ0n) is 30.1. The van der Waals surface area contributed by atoms with E-state index < -0.39 is 73.4 Å². The Morgan fingerprint density at radius 3 is 2.63 bits per heavy atom. The van der Waals surface area contributed by atoms with E-state index in [2.05, 4.69) is 9.71 Å². The maximum atomic E-state index is 14.6. The summed E-state index contributed by atoms with van der Waals surface area (Å²) < 4.78 is 90.1. The second-order valence-electron chi connectivity index (χ2n) is 15.7. The van der Waals surface area contributed by atoms with Crippen molar-refractivity contribution < 1.29 is 45.1 Å². The van der Waals surface area contributed by atoms with Crippen LogP contribution in [0, 0.1) is 30.0 Å². The quantitative estimate of drug-likeness (QED) is 0.195. The first-order chi connectivity index (χ1) is 25.5. The van der Waals surface area contributed by atoms with Gasteiger partial charge in [0.1, 0.15) is 11.9 Å². The molecule has 1 aromatic heterocycles. The summed E-state index contributed by atoms with van der Waals surface area (Å²) in [5.41, 5.74) is -0.687. The number of benzene rings is 2. The van der Waals surface area contributed by atoms with Crippen LogP contribution >= 0.6 is 11.3 Å². The van der Waals surface area contributed by atoms with E-state index in [1.807, 2.05) is 37.3 Å². The Morgan fingerprint density at radius 2 is 1.89 bits per heavy atom. The molecular weight excluding hydrogens is 747 g/mol. The molecule has 3 heterocycles. The Kier molecular flexibility index (Phi) is 10.2. The van der Waals surface area contributed by atoms with Crippen molar-refractivity contribution in [2.75, 3.05) is 6.54 Å². The molecule has 54 heavy (non-hydrogen) atoms. The van der Waals surface area contributed by atoms with Crippen LogP contribution in [0.1, 0.15) is 87.8 Å². The second kappa shape index (κ2) is 14.3. The number of fused-ring (bicyclic) bond motifs is 3. The number of hydrogen-bond donors (Lipinski definition) is 1. The van der Waals surface area contributed by atoms with Gasteiger partial charge in [-0.3, -0.25) is 19.1 Å². The highest BCUT2D eigenvalue weighted by Crippen LogP contribution is 2.57. The molecule has 2 aromatic carbocycles. The molecule has 5 atom stereocenters. The van der Waals surface area contributed by atoms with Gasteiger partial charge in [0.15, 0.2) is 5.78 Å². The van der Waals surface area contributed by atoms with Gasteiger partial charge >= 0.3 is 6.18 Å². The number of amides is 2. The number of carbonyl (C=O) groups excluding carboxylic acids is 3. The lowest BCUT2D eigenvalue weighted by atomic mass is 9.89. The van der Waals surface area contributed by atoms with Gasteiger partial charge in [0.05, 0.1) is 38.5 Å². The van der Waals surface area contributed by atoms with Crippen molar-refractivity contribution in [2.45, 2.75) is 108 Å². The van der Waals surface area contributed by atoms with Crippen LogP contribution in [0.3, 0.4) is 0 Å². The van der Waals surface area contributed by atoms with Crippen LogP contribution in [0.15, 0.2) is 48.6 Å². The Bertz CT molecular complexity index is 2110. The zero-order valence-corrected chi connectivity index (χ0v) is 31.7. The number of hydrogen-bond acceptors (Lipinski definition) is 8. The maximum Gasteiger partial charge on any atom is 0.416 e. The number of nitrogens with zero attached hydrogens (tertiary/aromatic N) is 2. The number of ketones is 1. The van der Waals surface area contributed by atoms with Crippen molar-refractivity contribution in [3.63, 3.8) is 0 Å². The van der Waals surface area contributed by atoms with E-state index in [9.17, 15) is 40.4 Å². The van der Waals surface area contributed by atoms with E-state index in [4.69, 9.17) is 4.74 Å². The van der Waals surface area contributed by atoms with Crippen molar-refractivity contribution in [1.82, 2.24) is 14.6 Å². The molecule has 0 radical (unpaired) electrons. The lowest BCUT2D eigenvalue weighted by Crippen LogP contribution is -2.47. The number of Topliss-reactive ketones (excluding diaryl/α,β-unsaturated/α-hetero) is 1. The summed E-state index contributed by atoms with van der Waals surface area (Å²) in [4.78, 5) is 48.9. The number of carbonyl (C=O) groups is 3. The molecule has 1 N–H and O–H groups in total. The van der Waals surface area contributed by atoms with Crippen LogP contribution < -0.4 is 9.46 Å². The third-order valence-electron chi connectivity index (χ3n) is 11.5. The first-order valence-electron chi connectivity index (χ1n) is 18.4. The van der Waals surface area contributed by atoms with Crippen LogP contribution in [-0.4, -0.2) is 59.3 Å². The Hall–Kier alpha value is -3.85. The molecule has 9 nitrogen and oxygen atoms in total. The molecule has 2 saturated carbocycles. The number of aromatic nitrogens is 1. The molecule has 15 heteroatoms. The standard InChI is InChI=1S/C39H43F4N3O6S2/c1-23-10-11-30-33(14-23)53-36(44-30)52-29-19-31-32(47)21-38(35(49)45-54(50,51)37(2)12-13-37)20-26(38)9-7-5-3-4-6-8-25(34(48)46(31)22-29)15-24-16-27(39(41,42)43)18-28(40)17-24/h7,9-11,14,16-18,25-26,29,31H,3-6,8,12-13,15,19-22H2,1-2H3,(H,45,49)/b9-7-/t25-,26-,29-,31+,38-/m1/s1. The molecule has 4 aliphatic rings. The highest BCUT2D eigenvalue weighted by atomic mass is 32.2. The summed E-state index contributed by atoms with van der Waals surface area (Å²) in [7, 11) is -3.99. The topological polar surface area (TPSA) is 123 Å². The van der Waals surface area contributed by atoms with Crippen LogP contribution in [0.25, 0.3) is 10.2 Å². The summed E-state index contributed by atoms with van der Waals surface area (Å²) >= 11 is 1.32. The third-order valence-corrected chi connectivity index (χ3v) is 14.6. The number of nitrogens with one attached hydrogen (secondary N) is 1. The van der Waals surface area contributed by atoms with Gasteiger partial charge < -0.3 is 9.64 Å². The lowest BCUT2D eigenvalue weighted by molar-refractivity contribution is -0.142. The van der Waals surface area contributed by atoms with Gasteiger partial charge in [-0.2, -0.15) is 13.2 Å². The smallest absolute Gasteiger partial charge is 0.416 e. The fraction of sp³-hybridized carbons (Fsp3) is 0.538. The maximum absolute atomic E-state index is 14.6. The average molecular weight is 790 g/mol. The van der Waals surface area contributed by atoms with Gasteiger partial charge in [-0.25, -0.2) is 17.8 Å². The first kappa shape index (κ1) is 38.4. The summed E-state index contributed by atoms with van der Waals surface area (Å²) in [5, 5.41) is 0.348. The van der Waals surface area contributed by atoms with Crippen LogP contribution in [0.5, 0.6) is 5.19 Å². The monoisotopic (exact) mass is 789 g/mol. The summed E-state index contributed by atoms with van der Waals surface area (Å²) in [6.07, 6.45) is 1.98. The minimum Gasteiger partial charge on any atom is -0.465 e. The van der Waals surface area contributed by atoms with Gasteiger partial charge in [-0.15, -0.1) is 0 Å². The SMILES string of the molecule is Cc1ccc2nc(O[C@@H]3C[C@H]4C(=O)C[C@]5(C(=O)NS(=O)(=O)C6(C)CC6)C[C@H]5/C=C\CCCCC[C@H](Cc5cc(F)cc(C(F)(F)F)c5)C(=O)N4C3)sc2c1. The van der Waals surface area contributed by atoms with Gasteiger partial charge in [0.2, 0.25) is 21.8 Å². The molecule has 290 valence electrons. The number of halogens is 4. The van der Waals surface area contributed by atoms with Gasteiger partial charge in [0, 0.05) is 18.8 Å². The van der Waals surface area contributed by atoms with Crippen molar-refractivity contribution in [3.05, 3.63) is 71.1 Å². The number of rotatable bonds is 7. The molecular formula is C39H43F4N3O6S2. The van der Waals surface area contributed by atoms with E-state index in [1.165, 1.54) is 16.2 Å². The number of sulfonamides is 1. The lowest BCUT2D eigenvalue weighted by Gasteiger charge is -2.29. The van der Waals surface area contributed by atoms with Gasteiger partial charge in [0.25, 0.3) is 5.19 Å². The highest BCUT2D eigenvalue weighted by molar-refractivity contribution is 7.91.